The van der Waals surface area contributed by atoms with E-state index in [4.69, 9.17) is 0 Å². The molecule has 6 nitrogen and oxygen atoms in total. The quantitative estimate of drug-likeness (QED) is 0.639. The van der Waals surface area contributed by atoms with Crippen molar-refractivity contribution in [2.24, 2.45) is 11.8 Å². The molecule has 0 radical (unpaired) electrons. The molecule has 3 rings (SSSR count). The summed E-state index contributed by atoms with van der Waals surface area (Å²) in [5, 5.41) is 22.2. The number of hydrogen-bond acceptors (Lipinski definition) is 5. The summed E-state index contributed by atoms with van der Waals surface area (Å²) in [5.41, 5.74) is 1.46. The van der Waals surface area contributed by atoms with Crippen molar-refractivity contribution in [2.45, 2.75) is 52.6 Å². The van der Waals surface area contributed by atoms with E-state index >= 15 is 0 Å². The molecule has 2 atom stereocenters. The summed E-state index contributed by atoms with van der Waals surface area (Å²) in [6, 6.07) is 3.11. The lowest BCUT2D eigenvalue weighted by molar-refractivity contribution is -0.385. The maximum atomic E-state index is 11.4. The number of phenolic OH excluding ortho intramolecular Hbond substituents is 1. The number of non-ortho nitro benzene ring substituents is 1. The van der Waals surface area contributed by atoms with Gasteiger partial charge in [0.1, 0.15) is 5.75 Å². The summed E-state index contributed by atoms with van der Waals surface area (Å²) in [7, 11) is 0. The van der Waals surface area contributed by atoms with Gasteiger partial charge in [0, 0.05) is 49.4 Å². The van der Waals surface area contributed by atoms with Crippen molar-refractivity contribution in [2.75, 3.05) is 26.2 Å². The smallest absolute Gasteiger partial charge is 0.270 e. The van der Waals surface area contributed by atoms with Gasteiger partial charge in [0.05, 0.1) is 4.92 Å². The largest absolute Gasteiger partial charge is 0.507 e. The standard InChI is InChI=1S/C20H31N3O3/c1-15-5-3-7-21(11-15)13-17-9-19(23(25)26)10-18(20(17)24)14-22-8-4-6-16(2)12-22/h9-10,15-16,24H,3-8,11-14H2,1-2H3. The van der Waals surface area contributed by atoms with Crippen molar-refractivity contribution in [1.29, 1.82) is 0 Å². The van der Waals surface area contributed by atoms with Crippen LogP contribution in [0.3, 0.4) is 0 Å². The van der Waals surface area contributed by atoms with E-state index < -0.39 is 0 Å². The molecule has 26 heavy (non-hydrogen) atoms. The van der Waals surface area contributed by atoms with Crippen LogP contribution in [0.1, 0.15) is 50.7 Å². The number of piperidine rings is 2. The minimum atomic E-state index is -0.343. The van der Waals surface area contributed by atoms with E-state index in [9.17, 15) is 15.2 Å². The lowest BCUT2D eigenvalue weighted by Crippen LogP contribution is -2.34. The second-order valence-corrected chi connectivity index (χ2v) is 8.33. The van der Waals surface area contributed by atoms with Crippen LogP contribution in [-0.2, 0) is 13.1 Å². The Bertz CT molecular complexity index is 604. The van der Waals surface area contributed by atoms with E-state index in [2.05, 4.69) is 23.6 Å². The van der Waals surface area contributed by atoms with Gasteiger partial charge in [0.15, 0.2) is 0 Å². The summed E-state index contributed by atoms with van der Waals surface area (Å²) in [6.07, 6.45) is 4.76. The van der Waals surface area contributed by atoms with Gasteiger partial charge in [-0.2, -0.15) is 0 Å². The first-order chi connectivity index (χ1) is 12.4. The first-order valence-electron chi connectivity index (χ1n) is 9.86. The van der Waals surface area contributed by atoms with Gasteiger partial charge in [-0.25, -0.2) is 0 Å². The van der Waals surface area contributed by atoms with Crippen LogP contribution < -0.4 is 0 Å². The van der Waals surface area contributed by atoms with E-state index in [1.165, 1.54) is 12.8 Å². The van der Waals surface area contributed by atoms with E-state index in [1.807, 2.05) is 0 Å². The highest BCUT2D eigenvalue weighted by Crippen LogP contribution is 2.32. The Morgan fingerprint density at radius 1 is 1.04 bits per heavy atom. The van der Waals surface area contributed by atoms with Crippen LogP contribution in [0.4, 0.5) is 5.69 Å². The molecule has 0 aromatic heterocycles. The highest BCUT2D eigenvalue weighted by molar-refractivity contribution is 5.49. The second-order valence-electron chi connectivity index (χ2n) is 8.33. The van der Waals surface area contributed by atoms with Crippen LogP contribution in [0, 0.1) is 22.0 Å². The number of benzene rings is 1. The molecule has 2 aliphatic rings. The van der Waals surface area contributed by atoms with Crippen molar-refractivity contribution in [3.05, 3.63) is 33.4 Å². The van der Waals surface area contributed by atoms with Crippen LogP contribution in [0.15, 0.2) is 12.1 Å². The lowest BCUT2D eigenvalue weighted by atomic mass is 9.98. The van der Waals surface area contributed by atoms with Crippen molar-refractivity contribution >= 4 is 5.69 Å². The van der Waals surface area contributed by atoms with Crippen LogP contribution in [0.2, 0.25) is 0 Å². The second kappa shape index (κ2) is 8.35. The van der Waals surface area contributed by atoms with Crippen LogP contribution in [-0.4, -0.2) is 46.0 Å². The number of phenols is 1. The number of hydrogen-bond donors (Lipinski definition) is 1. The van der Waals surface area contributed by atoms with Gasteiger partial charge in [0.25, 0.3) is 5.69 Å². The van der Waals surface area contributed by atoms with Crippen LogP contribution in [0.5, 0.6) is 5.75 Å². The Balaban J connectivity index is 1.81. The molecule has 0 spiro atoms. The summed E-state index contributed by atoms with van der Waals surface area (Å²) in [4.78, 5) is 15.7. The summed E-state index contributed by atoms with van der Waals surface area (Å²) >= 11 is 0. The third-order valence-corrected chi connectivity index (χ3v) is 5.73. The fraction of sp³-hybridized carbons (Fsp3) is 0.700. The number of nitro benzene ring substituents is 1. The van der Waals surface area contributed by atoms with Gasteiger partial charge in [-0.3, -0.25) is 19.9 Å². The molecule has 6 heteroatoms. The molecule has 0 amide bonds. The van der Waals surface area contributed by atoms with Gasteiger partial charge in [0.2, 0.25) is 0 Å². The molecular formula is C20H31N3O3. The number of likely N-dealkylation sites (tertiary alicyclic amines) is 2. The third-order valence-electron chi connectivity index (χ3n) is 5.73. The predicted octanol–water partition coefficient (Wildman–Crippen LogP) is 3.76. The van der Waals surface area contributed by atoms with Gasteiger partial charge < -0.3 is 5.11 Å². The van der Waals surface area contributed by atoms with Crippen molar-refractivity contribution in [3.63, 3.8) is 0 Å². The molecule has 144 valence electrons. The maximum absolute atomic E-state index is 11.4. The van der Waals surface area contributed by atoms with Gasteiger partial charge in [-0.05, 0) is 50.6 Å². The zero-order valence-corrected chi connectivity index (χ0v) is 16.0. The lowest BCUT2D eigenvalue weighted by Gasteiger charge is -2.32. The molecule has 0 saturated carbocycles. The SMILES string of the molecule is CC1CCCN(Cc2cc([N+](=O)[O-])cc(CN3CCCC(C)C3)c2O)C1. The zero-order chi connectivity index (χ0) is 18.7. The van der Waals surface area contributed by atoms with Gasteiger partial charge in [-0.15, -0.1) is 0 Å². The van der Waals surface area contributed by atoms with Crippen molar-refractivity contribution in [1.82, 2.24) is 9.80 Å². The molecular weight excluding hydrogens is 330 g/mol. The third kappa shape index (κ3) is 4.74. The number of rotatable bonds is 5. The van der Waals surface area contributed by atoms with E-state index in [0.717, 1.165) is 39.0 Å². The highest BCUT2D eigenvalue weighted by atomic mass is 16.6. The topological polar surface area (TPSA) is 69.8 Å². The minimum Gasteiger partial charge on any atom is -0.507 e. The van der Waals surface area contributed by atoms with Crippen LogP contribution in [0.25, 0.3) is 0 Å². The average Bonchev–Trinajstić information content (AvgIpc) is 2.58. The molecule has 1 N–H and O–H groups in total. The highest BCUT2D eigenvalue weighted by Gasteiger charge is 2.23. The Kier molecular flexibility index (Phi) is 6.14. The molecule has 2 fully saturated rings. The van der Waals surface area contributed by atoms with Crippen molar-refractivity contribution in [3.8, 4) is 5.75 Å². The molecule has 0 aliphatic carbocycles. The van der Waals surface area contributed by atoms with Gasteiger partial charge in [-0.1, -0.05) is 13.8 Å². The van der Waals surface area contributed by atoms with E-state index in [0.29, 0.717) is 36.1 Å². The Hall–Kier alpha value is -1.66. The Morgan fingerprint density at radius 2 is 1.50 bits per heavy atom. The first kappa shape index (κ1) is 19.1. The van der Waals surface area contributed by atoms with Gasteiger partial charge >= 0.3 is 0 Å². The molecule has 0 bridgehead atoms. The monoisotopic (exact) mass is 361 g/mol. The molecule has 2 saturated heterocycles. The normalized spacial score (nSPS) is 25.3. The summed E-state index contributed by atoms with van der Waals surface area (Å²) in [5.74, 6) is 1.52. The molecule has 2 unspecified atom stereocenters. The average molecular weight is 361 g/mol. The van der Waals surface area contributed by atoms with Crippen molar-refractivity contribution < 1.29 is 10.0 Å². The Morgan fingerprint density at radius 3 is 1.88 bits per heavy atom. The van der Waals surface area contributed by atoms with E-state index in [1.54, 1.807) is 12.1 Å². The maximum Gasteiger partial charge on any atom is 0.270 e. The summed E-state index contributed by atoms with van der Waals surface area (Å²) < 4.78 is 0. The summed E-state index contributed by atoms with van der Waals surface area (Å²) in [6.45, 7) is 9.60. The first-order valence-corrected chi connectivity index (χ1v) is 9.86. The molecule has 2 aliphatic heterocycles. The minimum absolute atomic E-state index is 0.0860. The number of nitro groups is 1. The van der Waals surface area contributed by atoms with E-state index in [-0.39, 0.29) is 16.4 Å². The number of aromatic hydroxyl groups is 1. The molecule has 2 heterocycles. The Labute approximate surface area is 155 Å². The molecule has 1 aromatic carbocycles. The van der Waals surface area contributed by atoms with Crippen LogP contribution >= 0.6 is 0 Å². The molecule has 1 aromatic rings. The zero-order valence-electron chi connectivity index (χ0n) is 16.0. The predicted molar refractivity (Wildman–Crippen MR) is 102 cm³/mol. The fourth-order valence-electron chi connectivity index (χ4n) is 4.43. The fourth-order valence-corrected chi connectivity index (χ4v) is 4.43. The number of nitrogens with zero attached hydrogens (tertiary/aromatic N) is 3.